The minimum Gasteiger partial charge on any atom is -0.466 e. The maximum Gasteiger partial charge on any atom is 0.105 e. The van der Waals surface area contributed by atoms with E-state index in [1.165, 1.54) is 11.1 Å². The first kappa shape index (κ1) is 15.8. The number of aryl methyl sites for hydroxylation is 2. The minimum atomic E-state index is 0.278. The number of nitrogens with one attached hydrogen (secondary N) is 1. The first-order chi connectivity index (χ1) is 10.1. The zero-order chi connectivity index (χ0) is 15.4. The molecular weight excluding hydrogens is 258 g/mol. The van der Waals surface area contributed by atoms with Crippen LogP contribution in [-0.2, 0) is 0 Å². The second-order valence-electron chi connectivity index (χ2n) is 5.96. The Hall–Kier alpha value is -1.54. The lowest BCUT2D eigenvalue weighted by Crippen LogP contribution is -2.28. The predicted octanol–water partition coefficient (Wildman–Crippen LogP) is 4.99. The van der Waals surface area contributed by atoms with Gasteiger partial charge in [-0.3, -0.25) is 0 Å². The van der Waals surface area contributed by atoms with Gasteiger partial charge in [-0.05, 0) is 38.4 Å². The van der Waals surface area contributed by atoms with E-state index in [2.05, 4.69) is 62.5 Å². The highest BCUT2D eigenvalue weighted by atomic mass is 16.3. The van der Waals surface area contributed by atoms with Crippen LogP contribution in [0.25, 0.3) is 0 Å². The summed E-state index contributed by atoms with van der Waals surface area (Å²) in [5.74, 6) is 3.05. The summed E-state index contributed by atoms with van der Waals surface area (Å²) < 4.78 is 5.76. The molecule has 2 aromatic rings. The number of hydrogen-bond donors (Lipinski definition) is 1. The largest absolute Gasteiger partial charge is 0.466 e. The van der Waals surface area contributed by atoms with Gasteiger partial charge in [0.15, 0.2) is 0 Å². The Labute approximate surface area is 128 Å². The third-order valence-corrected chi connectivity index (χ3v) is 4.53. The highest BCUT2D eigenvalue weighted by Crippen LogP contribution is 2.39. The van der Waals surface area contributed by atoms with E-state index in [4.69, 9.17) is 4.42 Å². The van der Waals surface area contributed by atoms with Gasteiger partial charge in [0.05, 0.1) is 0 Å². The molecule has 3 atom stereocenters. The van der Waals surface area contributed by atoms with E-state index < -0.39 is 0 Å². The van der Waals surface area contributed by atoms with Gasteiger partial charge in [-0.1, -0.05) is 50.6 Å². The molecule has 0 saturated heterocycles. The monoisotopic (exact) mass is 285 g/mol. The summed E-state index contributed by atoms with van der Waals surface area (Å²) in [6, 6.07) is 13.3. The highest BCUT2D eigenvalue weighted by Gasteiger charge is 2.30. The first-order valence-corrected chi connectivity index (χ1v) is 7.87. The van der Waals surface area contributed by atoms with Gasteiger partial charge in [-0.15, -0.1) is 0 Å². The first-order valence-electron chi connectivity index (χ1n) is 7.87. The molecule has 0 radical (unpaired) electrons. The Morgan fingerprint density at radius 1 is 1.14 bits per heavy atom. The molecule has 0 spiro atoms. The van der Waals surface area contributed by atoms with Crippen molar-refractivity contribution >= 4 is 0 Å². The molecule has 0 aliphatic carbocycles. The van der Waals surface area contributed by atoms with E-state index in [1.54, 1.807) is 0 Å². The molecule has 0 fully saturated rings. The Kier molecular flexibility index (Phi) is 5.24. The highest BCUT2D eigenvalue weighted by molar-refractivity contribution is 5.31. The van der Waals surface area contributed by atoms with Crippen LogP contribution in [0, 0.1) is 19.8 Å². The van der Waals surface area contributed by atoms with Gasteiger partial charge < -0.3 is 9.73 Å². The second-order valence-corrected chi connectivity index (χ2v) is 5.96. The Morgan fingerprint density at radius 2 is 1.81 bits per heavy atom. The van der Waals surface area contributed by atoms with Crippen molar-refractivity contribution in [2.45, 2.75) is 46.1 Å². The third-order valence-electron chi connectivity index (χ3n) is 4.53. The molecule has 1 aromatic carbocycles. The molecular formula is C19H27NO. The van der Waals surface area contributed by atoms with Crippen LogP contribution in [0.1, 0.15) is 54.9 Å². The van der Waals surface area contributed by atoms with Crippen molar-refractivity contribution < 1.29 is 4.42 Å². The van der Waals surface area contributed by atoms with Gasteiger partial charge in [0.1, 0.15) is 11.5 Å². The van der Waals surface area contributed by atoms with E-state index >= 15 is 0 Å². The molecule has 1 aromatic heterocycles. The van der Waals surface area contributed by atoms with Gasteiger partial charge in [0.2, 0.25) is 0 Å². The number of benzene rings is 1. The second kappa shape index (κ2) is 6.95. The summed E-state index contributed by atoms with van der Waals surface area (Å²) in [6.07, 6.45) is 1.16. The average molecular weight is 285 g/mol. The molecule has 21 heavy (non-hydrogen) atoms. The molecule has 2 heteroatoms. The number of hydrogen-bond acceptors (Lipinski definition) is 2. The molecule has 0 amide bonds. The number of furan rings is 1. The number of likely N-dealkylation sites (N-methyl/N-ethyl adjacent to an activating group) is 1. The van der Waals surface area contributed by atoms with Crippen molar-refractivity contribution in [3.8, 4) is 0 Å². The standard InChI is InChI=1S/C19H27NO/c1-6-13(2)18(16-10-8-7-9-11-16)19(20-5)17-12-14(3)21-15(17)4/h7-13,18-20H,6H2,1-5H3. The fourth-order valence-electron chi connectivity index (χ4n) is 3.27. The normalized spacial score (nSPS) is 15.7. The van der Waals surface area contributed by atoms with Gasteiger partial charge >= 0.3 is 0 Å². The summed E-state index contributed by atoms with van der Waals surface area (Å²) in [4.78, 5) is 0. The van der Waals surface area contributed by atoms with Crippen LogP contribution >= 0.6 is 0 Å². The van der Waals surface area contributed by atoms with Crippen molar-refractivity contribution in [1.82, 2.24) is 5.32 Å². The maximum atomic E-state index is 5.76. The van der Waals surface area contributed by atoms with Crippen molar-refractivity contribution in [2.24, 2.45) is 5.92 Å². The summed E-state index contributed by atoms with van der Waals surface area (Å²) >= 11 is 0. The van der Waals surface area contributed by atoms with E-state index in [-0.39, 0.29) is 6.04 Å². The van der Waals surface area contributed by atoms with E-state index in [0.717, 1.165) is 17.9 Å². The summed E-state index contributed by atoms with van der Waals surface area (Å²) in [5.41, 5.74) is 2.67. The van der Waals surface area contributed by atoms with Crippen LogP contribution in [0.3, 0.4) is 0 Å². The zero-order valence-corrected chi connectivity index (χ0v) is 13.8. The van der Waals surface area contributed by atoms with Crippen molar-refractivity contribution in [2.75, 3.05) is 7.05 Å². The quantitative estimate of drug-likeness (QED) is 0.809. The summed E-state index contributed by atoms with van der Waals surface area (Å²) in [7, 11) is 2.05. The summed E-state index contributed by atoms with van der Waals surface area (Å²) in [5, 5.41) is 3.53. The molecule has 1 N–H and O–H groups in total. The SMILES string of the molecule is CCC(C)C(c1ccccc1)C(NC)c1cc(C)oc1C. The lowest BCUT2D eigenvalue weighted by atomic mass is 9.77. The van der Waals surface area contributed by atoms with E-state index in [9.17, 15) is 0 Å². The summed E-state index contributed by atoms with van der Waals surface area (Å²) in [6.45, 7) is 8.68. The van der Waals surface area contributed by atoms with Crippen LogP contribution in [-0.4, -0.2) is 7.05 Å². The smallest absolute Gasteiger partial charge is 0.105 e. The van der Waals surface area contributed by atoms with E-state index in [0.29, 0.717) is 11.8 Å². The Morgan fingerprint density at radius 3 is 2.29 bits per heavy atom. The van der Waals surface area contributed by atoms with Crippen molar-refractivity contribution in [1.29, 1.82) is 0 Å². The molecule has 1 heterocycles. The predicted molar refractivity (Wildman–Crippen MR) is 88.6 cm³/mol. The van der Waals surface area contributed by atoms with Gasteiger partial charge in [0.25, 0.3) is 0 Å². The van der Waals surface area contributed by atoms with Gasteiger partial charge in [-0.25, -0.2) is 0 Å². The molecule has 114 valence electrons. The molecule has 3 unspecified atom stereocenters. The third kappa shape index (κ3) is 3.38. The van der Waals surface area contributed by atoms with Gasteiger partial charge in [0, 0.05) is 17.5 Å². The molecule has 0 saturated carbocycles. The van der Waals surface area contributed by atoms with Crippen molar-refractivity contribution in [3.05, 3.63) is 59.0 Å². The average Bonchev–Trinajstić information content (AvgIpc) is 2.83. The molecule has 0 aliphatic rings. The Balaban J connectivity index is 2.45. The molecule has 0 aliphatic heterocycles. The maximum absolute atomic E-state index is 5.76. The molecule has 0 bridgehead atoms. The van der Waals surface area contributed by atoms with Gasteiger partial charge in [-0.2, -0.15) is 0 Å². The molecule has 2 nitrogen and oxygen atoms in total. The van der Waals surface area contributed by atoms with Crippen LogP contribution in [0.4, 0.5) is 0 Å². The van der Waals surface area contributed by atoms with Crippen LogP contribution < -0.4 is 5.32 Å². The van der Waals surface area contributed by atoms with Crippen LogP contribution in [0.5, 0.6) is 0 Å². The zero-order valence-electron chi connectivity index (χ0n) is 13.8. The van der Waals surface area contributed by atoms with Crippen LogP contribution in [0.2, 0.25) is 0 Å². The van der Waals surface area contributed by atoms with E-state index in [1.807, 2.05) is 14.0 Å². The Bertz CT molecular complexity index is 558. The fraction of sp³-hybridized carbons (Fsp3) is 0.474. The van der Waals surface area contributed by atoms with Crippen LogP contribution in [0.15, 0.2) is 40.8 Å². The number of rotatable bonds is 6. The topological polar surface area (TPSA) is 25.2 Å². The minimum absolute atomic E-state index is 0.278. The molecule has 2 rings (SSSR count). The lowest BCUT2D eigenvalue weighted by Gasteiger charge is -2.32. The fourth-order valence-corrected chi connectivity index (χ4v) is 3.27. The van der Waals surface area contributed by atoms with Crippen molar-refractivity contribution in [3.63, 3.8) is 0 Å². The lowest BCUT2D eigenvalue weighted by molar-refractivity contribution is 0.350.